The monoisotopic (exact) mass is 181 g/mol. The number of hydrogen-bond acceptors (Lipinski definition) is 2. The SMILES string of the molecule is CC(C)CC(C)(O)C(F)(F)CN. The predicted molar refractivity (Wildman–Crippen MR) is 44.1 cm³/mol. The molecule has 1 atom stereocenters. The van der Waals surface area contributed by atoms with Gasteiger partial charge in [-0.15, -0.1) is 0 Å². The highest BCUT2D eigenvalue weighted by atomic mass is 19.3. The molecule has 0 heterocycles. The third-order valence-electron chi connectivity index (χ3n) is 1.85. The smallest absolute Gasteiger partial charge is 0.287 e. The molecule has 0 aromatic carbocycles. The van der Waals surface area contributed by atoms with Crippen molar-refractivity contribution in [2.45, 2.75) is 38.7 Å². The van der Waals surface area contributed by atoms with Crippen molar-refractivity contribution in [3.05, 3.63) is 0 Å². The number of nitrogens with two attached hydrogens (primary N) is 1. The molecule has 0 bridgehead atoms. The lowest BCUT2D eigenvalue weighted by molar-refractivity contribution is -0.172. The maximum atomic E-state index is 12.9. The molecule has 1 unspecified atom stereocenters. The first-order valence-corrected chi connectivity index (χ1v) is 4.03. The number of rotatable bonds is 4. The summed E-state index contributed by atoms with van der Waals surface area (Å²) in [6.45, 7) is 3.87. The van der Waals surface area contributed by atoms with E-state index in [-0.39, 0.29) is 12.3 Å². The lowest BCUT2D eigenvalue weighted by Gasteiger charge is -2.32. The topological polar surface area (TPSA) is 46.2 Å². The van der Waals surface area contributed by atoms with Gasteiger partial charge < -0.3 is 10.8 Å². The second kappa shape index (κ2) is 3.66. The number of hydrogen-bond donors (Lipinski definition) is 2. The molecule has 0 aromatic heterocycles. The largest absolute Gasteiger partial charge is 0.384 e. The van der Waals surface area contributed by atoms with E-state index >= 15 is 0 Å². The van der Waals surface area contributed by atoms with Crippen LogP contribution in [-0.2, 0) is 0 Å². The van der Waals surface area contributed by atoms with Crippen LogP contribution in [-0.4, -0.2) is 23.2 Å². The van der Waals surface area contributed by atoms with Crippen molar-refractivity contribution in [2.75, 3.05) is 6.54 Å². The van der Waals surface area contributed by atoms with E-state index in [4.69, 9.17) is 5.73 Å². The Labute approximate surface area is 71.8 Å². The van der Waals surface area contributed by atoms with Gasteiger partial charge in [-0.05, 0) is 19.3 Å². The molecular formula is C8H17F2NO. The number of aliphatic hydroxyl groups is 1. The Morgan fingerprint density at radius 3 is 2.08 bits per heavy atom. The van der Waals surface area contributed by atoms with Crippen LogP contribution < -0.4 is 5.73 Å². The zero-order chi connectivity index (χ0) is 9.99. The molecule has 12 heavy (non-hydrogen) atoms. The van der Waals surface area contributed by atoms with Gasteiger partial charge in [0.15, 0.2) is 0 Å². The summed E-state index contributed by atoms with van der Waals surface area (Å²) in [7, 11) is 0. The van der Waals surface area contributed by atoms with Gasteiger partial charge in [0.2, 0.25) is 0 Å². The van der Waals surface area contributed by atoms with Gasteiger partial charge >= 0.3 is 0 Å². The molecule has 0 spiro atoms. The maximum Gasteiger partial charge on any atom is 0.287 e. The highest BCUT2D eigenvalue weighted by molar-refractivity contribution is 4.90. The predicted octanol–water partition coefficient (Wildman–Crippen LogP) is 1.38. The summed E-state index contributed by atoms with van der Waals surface area (Å²) in [6.07, 6.45) is 0.0528. The third kappa shape index (κ3) is 2.68. The molecular weight excluding hydrogens is 164 g/mol. The summed E-state index contributed by atoms with van der Waals surface area (Å²) in [5, 5.41) is 9.38. The molecule has 0 aromatic rings. The molecule has 0 rings (SSSR count). The molecule has 0 fully saturated rings. The molecule has 0 saturated carbocycles. The molecule has 3 N–H and O–H groups in total. The second-order valence-electron chi connectivity index (χ2n) is 3.78. The minimum Gasteiger partial charge on any atom is -0.384 e. The minimum absolute atomic E-state index is 0.0254. The molecule has 0 aliphatic rings. The van der Waals surface area contributed by atoms with Gasteiger partial charge in [0.25, 0.3) is 5.92 Å². The van der Waals surface area contributed by atoms with Gasteiger partial charge in [-0.25, -0.2) is 8.78 Å². The van der Waals surface area contributed by atoms with Crippen LogP contribution in [0.25, 0.3) is 0 Å². The first-order chi connectivity index (χ1) is 5.23. The average Bonchev–Trinajstić information content (AvgIpc) is 1.84. The summed E-state index contributed by atoms with van der Waals surface area (Å²) in [4.78, 5) is 0. The highest BCUT2D eigenvalue weighted by Gasteiger charge is 2.47. The zero-order valence-corrected chi connectivity index (χ0v) is 7.77. The third-order valence-corrected chi connectivity index (χ3v) is 1.85. The van der Waals surface area contributed by atoms with E-state index in [1.807, 2.05) is 0 Å². The Morgan fingerprint density at radius 1 is 1.42 bits per heavy atom. The standard InChI is InChI=1S/C8H17F2NO/c1-6(2)4-7(3,12)8(9,10)5-11/h6,12H,4-5,11H2,1-3H3. The average molecular weight is 181 g/mol. The quantitative estimate of drug-likeness (QED) is 0.688. The van der Waals surface area contributed by atoms with Gasteiger partial charge in [-0.2, -0.15) is 0 Å². The van der Waals surface area contributed by atoms with E-state index in [2.05, 4.69) is 0 Å². The van der Waals surface area contributed by atoms with E-state index in [0.717, 1.165) is 6.92 Å². The van der Waals surface area contributed by atoms with E-state index in [1.54, 1.807) is 13.8 Å². The van der Waals surface area contributed by atoms with Gasteiger partial charge in [0.1, 0.15) is 5.60 Å². The molecule has 0 aliphatic carbocycles. The van der Waals surface area contributed by atoms with Crippen molar-refractivity contribution in [2.24, 2.45) is 11.7 Å². The fraction of sp³-hybridized carbons (Fsp3) is 1.00. The van der Waals surface area contributed by atoms with Gasteiger partial charge in [-0.3, -0.25) is 0 Å². The first-order valence-electron chi connectivity index (χ1n) is 4.03. The normalized spacial score (nSPS) is 18.0. The molecule has 0 aliphatic heterocycles. The minimum atomic E-state index is -3.20. The van der Waals surface area contributed by atoms with Crippen LogP contribution in [0.1, 0.15) is 27.2 Å². The van der Waals surface area contributed by atoms with Crippen LogP contribution in [0.2, 0.25) is 0 Å². The van der Waals surface area contributed by atoms with Crippen molar-refractivity contribution < 1.29 is 13.9 Å². The summed E-state index contributed by atoms with van der Waals surface area (Å²) in [5.74, 6) is -3.17. The van der Waals surface area contributed by atoms with Gasteiger partial charge in [-0.1, -0.05) is 13.8 Å². The van der Waals surface area contributed by atoms with Crippen molar-refractivity contribution in [1.29, 1.82) is 0 Å². The number of halogens is 2. The molecule has 74 valence electrons. The summed E-state index contributed by atoms with van der Waals surface area (Å²) >= 11 is 0. The van der Waals surface area contributed by atoms with Gasteiger partial charge in [0, 0.05) is 0 Å². The van der Waals surface area contributed by atoms with Crippen molar-refractivity contribution in [1.82, 2.24) is 0 Å². The van der Waals surface area contributed by atoms with E-state index in [9.17, 15) is 13.9 Å². The Morgan fingerprint density at radius 2 is 1.83 bits per heavy atom. The number of alkyl halides is 2. The zero-order valence-electron chi connectivity index (χ0n) is 7.77. The van der Waals surface area contributed by atoms with Crippen LogP contribution in [0.5, 0.6) is 0 Å². The fourth-order valence-corrected chi connectivity index (χ4v) is 1.16. The lowest BCUT2D eigenvalue weighted by atomic mass is 9.88. The van der Waals surface area contributed by atoms with E-state index < -0.39 is 18.1 Å². The van der Waals surface area contributed by atoms with E-state index in [1.165, 1.54) is 0 Å². The first kappa shape index (κ1) is 11.8. The van der Waals surface area contributed by atoms with Crippen LogP contribution >= 0.6 is 0 Å². The molecule has 0 amide bonds. The molecule has 0 radical (unpaired) electrons. The lowest BCUT2D eigenvalue weighted by Crippen LogP contribution is -2.51. The van der Waals surface area contributed by atoms with Crippen LogP contribution in [0, 0.1) is 5.92 Å². The summed E-state index contributed by atoms with van der Waals surface area (Å²) in [6, 6.07) is 0. The van der Waals surface area contributed by atoms with Gasteiger partial charge in [0.05, 0.1) is 6.54 Å². The fourth-order valence-electron chi connectivity index (χ4n) is 1.16. The Bertz CT molecular complexity index is 146. The molecule has 0 saturated heterocycles. The van der Waals surface area contributed by atoms with Crippen molar-refractivity contribution in [3.63, 3.8) is 0 Å². The van der Waals surface area contributed by atoms with Crippen LogP contribution in [0.4, 0.5) is 8.78 Å². The summed E-state index contributed by atoms with van der Waals surface area (Å²) in [5.41, 5.74) is 2.87. The van der Waals surface area contributed by atoms with Crippen molar-refractivity contribution in [3.8, 4) is 0 Å². The summed E-state index contributed by atoms with van der Waals surface area (Å²) < 4.78 is 25.8. The molecule has 2 nitrogen and oxygen atoms in total. The van der Waals surface area contributed by atoms with E-state index in [0.29, 0.717) is 0 Å². The second-order valence-corrected chi connectivity index (χ2v) is 3.78. The maximum absolute atomic E-state index is 12.9. The van der Waals surface area contributed by atoms with Crippen LogP contribution in [0.15, 0.2) is 0 Å². The van der Waals surface area contributed by atoms with Crippen LogP contribution in [0.3, 0.4) is 0 Å². The Kier molecular flexibility index (Phi) is 3.59. The Hall–Kier alpha value is -0.220. The van der Waals surface area contributed by atoms with Crippen molar-refractivity contribution >= 4 is 0 Å². The Balaban J connectivity index is 4.37. The highest BCUT2D eigenvalue weighted by Crippen LogP contribution is 2.32. The molecule has 4 heteroatoms.